The van der Waals surface area contributed by atoms with Crippen molar-refractivity contribution in [2.45, 2.75) is 32.4 Å². The molecule has 1 fully saturated rings. The topological polar surface area (TPSA) is 29.5 Å². The number of carbonyl (C=O) groups is 1. The number of benzene rings is 1. The summed E-state index contributed by atoms with van der Waals surface area (Å²) in [5.41, 5.74) is 0.894. The third kappa shape index (κ3) is 2.55. The minimum atomic E-state index is -0.254. The Balaban J connectivity index is 2.13. The fourth-order valence-corrected chi connectivity index (χ4v) is 2.28. The summed E-state index contributed by atoms with van der Waals surface area (Å²) in [5, 5.41) is 0.656. The molecule has 4 heteroatoms. The summed E-state index contributed by atoms with van der Waals surface area (Å²) in [6.07, 6.45) is 0.315. The summed E-state index contributed by atoms with van der Waals surface area (Å²) >= 11 is 6.10. The molecule has 0 bridgehead atoms. The maximum Gasteiger partial charge on any atom is 0.410 e. The highest BCUT2D eigenvalue weighted by Gasteiger charge is 2.30. The van der Waals surface area contributed by atoms with E-state index in [2.05, 4.69) is 0 Å². The number of amides is 1. The molecule has 1 atom stereocenters. The van der Waals surface area contributed by atoms with E-state index in [1.54, 1.807) is 4.90 Å². The molecule has 0 N–H and O–H groups in total. The summed E-state index contributed by atoms with van der Waals surface area (Å²) in [6, 6.07) is 7.68. The van der Waals surface area contributed by atoms with Gasteiger partial charge in [-0.15, -0.1) is 0 Å². The van der Waals surface area contributed by atoms with E-state index in [1.165, 1.54) is 0 Å². The summed E-state index contributed by atoms with van der Waals surface area (Å²) in [4.78, 5) is 13.5. The lowest BCUT2D eigenvalue weighted by molar-refractivity contribution is 0.0150. The maximum absolute atomic E-state index is 11.8. The van der Waals surface area contributed by atoms with Crippen LogP contribution in [0.25, 0.3) is 0 Å². The predicted molar refractivity (Wildman–Crippen MR) is 67.1 cm³/mol. The molecule has 17 heavy (non-hydrogen) atoms. The standard InChI is InChI=1S/C13H16ClNO2/c1-9(2)15-8-7-12(17-13(15)16)10-5-3-4-6-11(10)14/h3-6,9,12H,7-8H2,1-2H3/t12-/m0/s1. The van der Waals surface area contributed by atoms with Gasteiger partial charge in [0.25, 0.3) is 0 Å². The molecular weight excluding hydrogens is 238 g/mol. The fourth-order valence-electron chi connectivity index (χ4n) is 2.02. The molecule has 1 saturated heterocycles. The second kappa shape index (κ2) is 4.96. The van der Waals surface area contributed by atoms with Crippen LogP contribution in [0, 0.1) is 0 Å². The number of hydrogen-bond donors (Lipinski definition) is 0. The van der Waals surface area contributed by atoms with Crippen LogP contribution in [0.3, 0.4) is 0 Å². The second-order valence-corrected chi connectivity index (χ2v) is 4.88. The van der Waals surface area contributed by atoms with Gasteiger partial charge in [-0.25, -0.2) is 4.79 Å². The average Bonchev–Trinajstić information content (AvgIpc) is 2.29. The van der Waals surface area contributed by atoms with Gasteiger partial charge in [-0.05, 0) is 19.9 Å². The van der Waals surface area contributed by atoms with Crippen LogP contribution in [0.1, 0.15) is 31.9 Å². The van der Waals surface area contributed by atoms with Crippen LogP contribution in [0.5, 0.6) is 0 Å². The highest BCUT2D eigenvalue weighted by Crippen LogP contribution is 2.31. The van der Waals surface area contributed by atoms with Gasteiger partial charge in [0.05, 0.1) is 0 Å². The normalized spacial score (nSPS) is 20.6. The third-order valence-electron chi connectivity index (χ3n) is 2.99. The monoisotopic (exact) mass is 253 g/mol. The number of halogens is 1. The van der Waals surface area contributed by atoms with E-state index in [9.17, 15) is 4.79 Å². The fraction of sp³-hybridized carbons (Fsp3) is 0.462. The lowest BCUT2D eigenvalue weighted by Gasteiger charge is -2.34. The molecule has 0 aliphatic carbocycles. The molecule has 3 nitrogen and oxygen atoms in total. The number of cyclic esters (lactones) is 1. The summed E-state index contributed by atoms with van der Waals surface area (Å²) < 4.78 is 5.43. The van der Waals surface area contributed by atoms with Crippen molar-refractivity contribution in [3.8, 4) is 0 Å². The van der Waals surface area contributed by atoms with Gasteiger partial charge in [-0.1, -0.05) is 29.8 Å². The Morgan fingerprint density at radius 3 is 2.71 bits per heavy atom. The Kier molecular flexibility index (Phi) is 3.57. The third-order valence-corrected chi connectivity index (χ3v) is 3.33. The largest absolute Gasteiger partial charge is 0.441 e. The predicted octanol–water partition coefficient (Wildman–Crippen LogP) is 3.63. The molecule has 0 unspecified atom stereocenters. The lowest BCUT2D eigenvalue weighted by atomic mass is 10.0. The van der Waals surface area contributed by atoms with Gasteiger partial charge in [-0.3, -0.25) is 0 Å². The minimum absolute atomic E-state index is 0.176. The molecule has 1 aliphatic heterocycles. The van der Waals surface area contributed by atoms with Gasteiger partial charge in [0, 0.05) is 29.6 Å². The zero-order valence-electron chi connectivity index (χ0n) is 10.0. The number of hydrogen-bond acceptors (Lipinski definition) is 2. The Labute approximate surface area is 106 Å². The molecule has 0 radical (unpaired) electrons. The van der Waals surface area contributed by atoms with E-state index in [1.807, 2.05) is 38.1 Å². The zero-order chi connectivity index (χ0) is 12.4. The van der Waals surface area contributed by atoms with Crippen LogP contribution in [-0.4, -0.2) is 23.6 Å². The highest BCUT2D eigenvalue weighted by atomic mass is 35.5. The Bertz CT molecular complexity index is 420. The molecule has 0 spiro atoms. The number of rotatable bonds is 2. The lowest BCUT2D eigenvalue weighted by Crippen LogP contribution is -2.43. The van der Waals surface area contributed by atoms with Crippen molar-refractivity contribution < 1.29 is 9.53 Å². The van der Waals surface area contributed by atoms with E-state index in [-0.39, 0.29) is 18.2 Å². The smallest absolute Gasteiger partial charge is 0.410 e. The Morgan fingerprint density at radius 1 is 1.41 bits per heavy atom. The van der Waals surface area contributed by atoms with Gasteiger partial charge >= 0.3 is 6.09 Å². The van der Waals surface area contributed by atoms with Crippen molar-refractivity contribution in [3.63, 3.8) is 0 Å². The van der Waals surface area contributed by atoms with Crippen LogP contribution >= 0.6 is 11.6 Å². The van der Waals surface area contributed by atoms with Gasteiger partial charge in [0.2, 0.25) is 0 Å². The van der Waals surface area contributed by atoms with Crippen LogP contribution in [-0.2, 0) is 4.74 Å². The Morgan fingerprint density at radius 2 is 2.12 bits per heavy atom. The van der Waals surface area contributed by atoms with Crippen molar-refractivity contribution in [2.24, 2.45) is 0 Å². The minimum Gasteiger partial charge on any atom is -0.441 e. The molecule has 1 amide bonds. The summed E-state index contributed by atoms with van der Waals surface area (Å²) in [5.74, 6) is 0. The molecule has 2 rings (SSSR count). The first-order valence-corrected chi connectivity index (χ1v) is 6.19. The molecular formula is C13H16ClNO2. The molecule has 1 heterocycles. The second-order valence-electron chi connectivity index (χ2n) is 4.47. The first kappa shape index (κ1) is 12.2. The van der Waals surface area contributed by atoms with Gasteiger partial charge in [0.15, 0.2) is 0 Å². The van der Waals surface area contributed by atoms with Crippen LogP contribution in [0.15, 0.2) is 24.3 Å². The first-order chi connectivity index (χ1) is 8.09. The molecule has 0 aromatic heterocycles. The van der Waals surface area contributed by atoms with E-state index >= 15 is 0 Å². The quantitative estimate of drug-likeness (QED) is 0.806. The Hall–Kier alpha value is -1.22. The maximum atomic E-state index is 11.8. The van der Waals surface area contributed by atoms with E-state index < -0.39 is 0 Å². The number of carbonyl (C=O) groups excluding carboxylic acids is 1. The highest BCUT2D eigenvalue weighted by molar-refractivity contribution is 6.31. The van der Waals surface area contributed by atoms with Gasteiger partial charge in [-0.2, -0.15) is 0 Å². The van der Waals surface area contributed by atoms with E-state index in [0.717, 1.165) is 12.0 Å². The molecule has 0 saturated carbocycles. The van der Waals surface area contributed by atoms with Crippen LogP contribution < -0.4 is 0 Å². The van der Waals surface area contributed by atoms with Crippen LogP contribution in [0.4, 0.5) is 4.79 Å². The van der Waals surface area contributed by atoms with Crippen molar-refractivity contribution >= 4 is 17.7 Å². The average molecular weight is 254 g/mol. The molecule has 1 aromatic rings. The summed E-state index contributed by atoms with van der Waals surface area (Å²) in [6.45, 7) is 4.68. The van der Waals surface area contributed by atoms with Crippen molar-refractivity contribution in [1.29, 1.82) is 0 Å². The zero-order valence-corrected chi connectivity index (χ0v) is 10.8. The molecule has 1 aliphatic rings. The number of nitrogens with zero attached hydrogens (tertiary/aromatic N) is 1. The van der Waals surface area contributed by atoms with Crippen molar-refractivity contribution in [3.05, 3.63) is 34.9 Å². The van der Waals surface area contributed by atoms with E-state index in [4.69, 9.17) is 16.3 Å². The summed E-state index contributed by atoms with van der Waals surface area (Å²) in [7, 11) is 0. The van der Waals surface area contributed by atoms with E-state index in [0.29, 0.717) is 11.6 Å². The SMILES string of the molecule is CC(C)N1CC[C@@H](c2ccccc2Cl)OC1=O. The number of ether oxygens (including phenoxy) is 1. The van der Waals surface area contributed by atoms with Crippen LogP contribution in [0.2, 0.25) is 5.02 Å². The van der Waals surface area contributed by atoms with Gasteiger partial charge in [0.1, 0.15) is 6.10 Å². The molecule has 1 aromatic carbocycles. The first-order valence-electron chi connectivity index (χ1n) is 5.81. The molecule has 92 valence electrons. The van der Waals surface area contributed by atoms with Crippen molar-refractivity contribution in [1.82, 2.24) is 4.90 Å². The van der Waals surface area contributed by atoms with Crippen molar-refractivity contribution in [2.75, 3.05) is 6.54 Å². The van der Waals surface area contributed by atoms with Gasteiger partial charge < -0.3 is 9.64 Å².